The Morgan fingerprint density at radius 2 is 1.27 bits per heavy atom. The average Bonchev–Trinajstić information content (AvgIpc) is 3.33. The number of anilines is 2. The van der Waals surface area contributed by atoms with Gasteiger partial charge in [0.2, 0.25) is 11.8 Å². The minimum Gasteiger partial charge on any atom is -0.497 e. The number of benzene rings is 4. The molecule has 4 aliphatic rings. The molecule has 3 amide bonds. The Morgan fingerprint density at radius 3 is 1.77 bits per heavy atom. The second-order valence-corrected chi connectivity index (χ2v) is 11.0. The summed E-state index contributed by atoms with van der Waals surface area (Å²) in [6.45, 7) is -0.530. The fraction of sp³-hybridized carbons (Fsp3) is 0.200. The highest BCUT2D eigenvalue weighted by atomic mass is 16.5. The lowest BCUT2D eigenvalue weighted by atomic mass is 9.55. The van der Waals surface area contributed by atoms with Crippen LogP contribution in [0.3, 0.4) is 0 Å². The summed E-state index contributed by atoms with van der Waals surface area (Å²) < 4.78 is 15.7. The quantitative estimate of drug-likeness (QED) is 0.242. The minimum atomic E-state index is -0.721. The summed E-state index contributed by atoms with van der Waals surface area (Å²) in [6, 6.07) is 27.2. The van der Waals surface area contributed by atoms with Crippen LogP contribution in [0.5, 0.6) is 11.5 Å². The molecule has 8 rings (SSSR count). The second-order valence-electron chi connectivity index (χ2n) is 11.0. The normalized spacial score (nSPS) is 20.8. The molecule has 44 heavy (non-hydrogen) atoms. The summed E-state index contributed by atoms with van der Waals surface area (Å²) in [4.78, 5) is 54.4. The maximum absolute atomic E-state index is 13.9. The van der Waals surface area contributed by atoms with Gasteiger partial charge in [-0.1, -0.05) is 48.5 Å². The average molecular weight is 589 g/mol. The Kier molecular flexibility index (Phi) is 6.65. The highest BCUT2D eigenvalue weighted by Crippen LogP contribution is 2.61. The van der Waals surface area contributed by atoms with Crippen molar-refractivity contribution in [3.63, 3.8) is 0 Å². The van der Waals surface area contributed by atoms with Crippen LogP contribution in [-0.4, -0.2) is 44.5 Å². The number of methoxy groups -OCH3 is 2. The number of carbonyl (C=O) groups excluding carboxylic acids is 4. The summed E-state index contributed by atoms with van der Waals surface area (Å²) in [7, 11) is 2.98. The number of esters is 1. The van der Waals surface area contributed by atoms with E-state index < -0.39 is 30.3 Å². The van der Waals surface area contributed by atoms with Gasteiger partial charge in [-0.25, -0.2) is 9.69 Å². The molecular formula is C35H28N2O7. The number of hydrogen-bond donors (Lipinski definition) is 1. The molecule has 1 aliphatic heterocycles. The second kappa shape index (κ2) is 10.7. The first kappa shape index (κ1) is 27.4. The van der Waals surface area contributed by atoms with E-state index in [1.54, 1.807) is 30.3 Å². The predicted molar refractivity (Wildman–Crippen MR) is 161 cm³/mol. The van der Waals surface area contributed by atoms with E-state index in [4.69, 9.17) is 14.2 Å². The van der Waals surface area contributed by atoms with Gasteiger partial charge in [0.25, 0.3) is 5.91 Å². The van der Waals surface area contributed by atoms with Gasteiger partial charge in [0.1, 0.15) is 11.5 Å². The molecule has 1 N–H and O–H groups in total. The highest BCUT2D eigenvalue weighted by molar-refractivity contribution is 6.23. The molecule has 1 saturated heterocycles. The maximum atomic E-state index is 13.9. The van der Waals surface area contributed by atoms with E-state index in [0.29, 0.717) is 22.9 Å². The number of imide groups is 1. The van der Waals surface area contributed by atoms with E-state index in [2.05, 4.69) is 29.6 Å². The van der Waals surface area contributed by atoms with Crippen LogP contribution >= 0.6 is 0 Å². The van der Waals surface area contributed by atoms with Crippen LogP contribution in [-0.2, 0) is 19.1 Å². The molecule has 1 heterocycles. The van der Waals surface area contributed by atoms with Crippen LogP contribution in [0, 0.1) is 11.8 Å². The standard InChI is InChI=1S/C35H28N2O7/c1-42-21-15-16-27(43-2)26(17-21)36-28(38)18-44-35(41)19-11-13-20(14-12-19)37-33(39)31-29-22-7-3-4-8-23(22)30(32(31)34(37)40)25-10-6-5-9-24(25)29/h3-17,29-32H,18H2,1-2H3,(H,36,38)/t29?,30?,31-,32-/m1/s1. The monoisotopic (exact) mass is 588 g/mol. The van der Waals surface area contributed by atoms with Crippen molar-refractivity contribution < 1.29 is 33.4 Å². The molecule has 0 unspecified atom stereocenters. The lowest BCUT2D eigenvalue weighted by molar-refractivity contribution is -0.122. The molecular weight excluding hydrogens is 560 g/mol. The minimum absolute atomic E-state index is 0.178. The fourth-order valence-electron chi connectivity index (χ4n) is 6.99. The first-order valence-corrected chi connectivity index (χ1v) is 14.3. The van der Waals surface area contributed by atoms with Crippen molar-refractivity contribution in [1.82, 2.24) is 0 Å². The van der Waals surface area contributed by atoms with Crippen LogP contribution in [0.4, 0.5) is 11.4 Å². The molecule has 4 aromatic carbocycles. The van der Waals surface area contributed by atoms with Crippen LogP contribution < -0.4 is 19.7 Å². The third-order valence-electron chi connectivity index (χ3n) is 8.82. The van der Waals surface area contributed by atoms with Gasteiger partial charge in [-0.2, -0.15) is 0 Å². The van der Waals surface area contributed by atoms with Crippen molar-refractivity contribution in [3.05, 3.63) is 119 Å². The number of hydrogen-bond acceptors (Lipinski definition) is 7. The molecule has 2 bridgehead atoms. The third kappa shape index (κ3) is 4.23. The Balaban J connectivity index is 1.07. The highest BCUT2D eigenvalue weighted by Gasteiger charge is 2.61. The van der Waals surface area contributed by atoms with Gasteiger partial charge in [-0.15, -0.1) is 0 Å². The smallest absolute Gasteiger partial charge is 0.338 e. The Morgan fingerprint density at radius 1 is 0.727 bits per heavy atom. The van der Waals surface area contributed by atoms with Crippen molar-refractivity contribution in [2.45, 2.75) is 11.8 Å². The molecule has 0 saturated carbocycles. The number of nitrogens with zero attached hydrogens (tertiary/aromatic N) is 1. The molecule has 0 spiro atoms. The Bertz CT molecular complexity index is 1720. The summed E-state index contributed by atoms with van der Waals surface area (Å²) in [5.74, 6) is -2.20. The van der Waals surface area contributed by atoms with Crippen LogP contribution in [0.2, 0.25) is 0 Å². The lowest BCUT2D eigenvalue weighted by Crippen LogP contribution is -2.41. The molecule has 3 aliphatic carbocycles. The molecule has 2 atom stereocenters. The summed E-state index contributed by atoms with van der Waals surface area (Å²) in [6.07, 6.45) is 0. The SMILES string of the molecule is COc1ccc(OC)c(NC(=O)COC(=O)c2ccc(N3C(=O)[C@@H]4C5c6ccccc6C(c6ccccc65)[C@H]4C3=O)cc2)c1. The van der Waals surface area contributed by atoms with Gasteiger partial charge in [-0.05, 0) is 58.7 Å². The van der Waals surface area contributed by atoms with Gasteiger partial charge < -0.3 is 19.5 Å². The number of amides is 3. The van der Waals surface area contributed by atoms with E-state index in [-0.39, 0.29) is 29.2 Å². The van der Waals surface area contributed by atoms with E-state index in [1.165, 1.54) is 31.3 Å². The van der Waals surface area contributed by atoms with Crippen molar-refractivity contribution in [2.75, 3.05) is 31.0 Å². The van der Waals surface area contributed by atoms with E-state index in [0.717, 1.165) is 22.3 Å². The van der Waals surface area contributed by atoms with Crippen LogP contribution in [0.15, 0.2) is 91.0 Å². The van der Waals surface area contributed by atoms with E-state index in [1.807, 2.05) is 24.3 Å². The molecule has 4 aromatic rings. The van der Waals surface area contributed by atoms with Crippen molar-refractivity contribution in [2.24, 2.45) is 11.8 Å². The van der Waals surface area contributed by atoms with Gasteiger partial charge in [0.05, 0.1) is 43.0 Å². The van der Waals surface area contributed by atoms with Gasteiger partial charge in [0, 0.05) is 17.9 Å². The predicted octanol–water partition coefficient (Wildman–Crippen LogP) is 4.90. The first-order valence-electron chi connectivity index (χ1n) is 14.3. The van der Waals surface area contributed by atoms with Crippen molar-refractivity contribution in [1.29, 1.82) is 0 Å². The summed E-state index contributed by atoms with van der Waals surface area (Å²) >= 11 is 0. The Labute approximate surface area is 253 Å². The molecule has 220 valence electrons. The zero-order valence-corrected chi connectivity index (χ0v) is 24.0. The molecule has 9 heteroatoms. The molecule has 0 aromatic heterocycles. The largest absolute Gasteiger partial charge is 0.497 e. The maximum Gasteiger partial charge on any atom is 0.338 e. The molecule has 9 nitrogen and oxygen atoms in total. The van der Waals surface area contributed by atoms with Gasteiger partial charge >= 0.3 is 5.97 Å². The van der Waals surface area contributed by atoms with E-state index in [9.17, 15) is 19.2 Å². The van der Waals surface area contributed by atoms with Crippen molar-refractivity contribution in [3.8, 4) is 11.5 Å². The fourth-order valence-corrected chi connectivity index (χ4v) is 6.99. The lowest BCUT2D eigenvalue weighted by Gasteiger charge is -2.45. The van der Waals surface area contributed by atoms with Crippen molar-refractivity contribution >= 4 is 35.1 Å². The number of rotatable bonds is 7. The zero-order chi connectivity index (χ0) is 30.5. The third-order valence-corrected chi connectivity index (χ3v) is 8.82. The van der Waals surface area contributed by atoms with Crippen LogP contribution in [0.25, 0.3) is 0 Å². The zero-order valence-electron chi connectivity index (χ0n) is 24.0. The van der Waals surface area contributed by atoms with E-state index >= 15 is 0 Å². The molecule has 0 radical (unpaired) electrons. The number of nitrogens with one attached hydrogen (secondary N) is 1. The summed E-state index contributed by atoms with van der Waals surface area (Å²) in [5, 5.41) is 2.65. The molecule has 1 fully saturated rings. The Hall–Kier alpha value is -5.44. The summed E-state index contributed by atoms with van der Waals surface area (Å²) in [5.41, 5.74) is 5.36. The number of ether oxygens (including phenoxy) is 3. The van der Waals surface area contributed by atoms with Gasteiger partial charge in [0.15, 0.2) is 6.61 Å². The topological polar surface area (TPSA) is 111 Å². The van der Waals surface area contributed by atoms with Gasteiger partial charge in [-0.3, -0.25) is 14.4 Å². The van der Waals surface area contributed by atoms with Crippen LogP contribution in [0.1, 0.15) is 44.4 Å². The first-order chi connectivity index (χ1) is 21.4. The number of carbonyl (C=O) groups is 4.